The van der Waals surface area contributed by atoms with Crippen LogP contribution < -0.4 is 16.0 Å². The second-order valence-corrected chi connectivity index (χ2v) is 6.50. The van der Waals surface area contributed by atoms with Crippen LogP contribution in [0.25, 0.3) is 0 Å². The molecule has 3 N–H and O–H groups in total. The number of hydrogen-bond acceptors (Lipinski definition) is 7. The van der Waals surface area contributed by atoms with E-state index in [4.69, 9.17) is 5.73 Å². The van der Waals surface area contributed by atoms with Crippen LogP contribution in [0.3, 0.4) is 0 Å². The fraction of sp³-hybridized carbons (Fsp3) is 0.733. The lowest BCUT2D eigenvalue weighted by molar-refractivity contribution is -0.137. The minimum absolute atomic E-state index is 0.118. The summed E-state index contributed by atoms with van der Waals surface area (Å²) in [5, 5.41) is 3.41. The van der Waals surface area contributed by atoms with Gasteiger partial charge in [0.25, 0.3) is 0 Å². The third-order valence-corrected chi connectivity index (χ3v) is 4.19. The molecule has 0 bridgehead atoms. The van der Waals surface area contributed by atoms with E-state index in [1.165, 1.54) is 6.42 Å². The first-order chi connectivity index (χ1) is 10.8. The van der Waals surface area contributed by atoms with E-state index < -0.39 is 5.54 Å². The van der Waals surface area contributed by atoms with Crippen molar-refractivity contribution in [3.8, 4) is 0 Å². The summed E-state index contributed by atoms with van der Waals surface area (Å²) in [5.74, 6) is 1.38. The molecular formula is C15H27N7O. The van der Waals surface area contributed by atoms with Crippen molar-refractivity contribution in [1.29, 1.82) is 0 Å². The van der Waals surface area contributed by atoms with Gasteiger partial charge in [0.1, 0.15) is 5.82 Å². The van der Waals surface area contributed by atoms with Crippen LogP contribution in [0, 0.1) is 0 Å². The van der Waals surface area contributed by atoms with Gasteiger partial charge in [0.15, 0.2) is 0 Å². The number of likely N-dealkylation sites (N-methyl/N-ethyl adjacent to an activating group) is 1. The highest BCUT2D eigenvalue weighted by molar-refractivity contribution is 5.86. The third kappa shape index (κ3) is 4.07. The Balaban J connectivity index is 2.17. The predicted octanol–water partition coefficient (Wildman–Crippen LogP) is 0.401. The van der Waals surface area contributed by atoms with Crippen molar-refractivity contribution in [3.05, 3.63) is 5.82 Å². The zero-order valence-corrected chi connectivity index (χ0v) is 14.5. The van der Waals surface area contributed by atoms with E-state index in [9.17, 15) is 4.79 Å². The zero-order valence-electron chi connectivity index (χ0n) is 14.5. The van der Waals surface area contributed by atoms with Crippen LogP contribution in [0.15, 0.2) is 0 Å². The van der Waals surface area contributed by atoms with Gasteiger partial charge in [-0.05, 0) is 12.8 Å². The summed E-state index contributed by atoms with van der Waals surface area (Å²) in [7, 11) is 7.30. The second kappa shape index (κ2) is 7.08. The quantitative estimate of drug-likeness (QED) is 0.809. The summed E-state index contributed by atoms with van der Waals surface area (Å²) >= 11 is 0. The summed E-state index contributed by atoms with van der Waals surface area (Å²) < 4.78 is 0. The molecule has 1 aromatic rings. The van der Waals surface area contributed by atoms with Crippen LogP contribution in [0.2, 0.25) is 0 Å². The number of rotatable bonds is 5. The molecule has 1 amide bonds. The Labute approximate surface area is 137 Å². The molecule has 1 fully saturated rings. The van der Waals surface area contributed by atoms with E-state index in [2.05, 4.69) is 20.3 Å². The summed E-state index contributed by atoms with van der Waals surface area (Å²) in [6.45, 7) is 0.396. The van der Waals surface area contributed by atoms with Crippen molar-refractivity contribution < 1.29 is 4.79 Å². The first-order valence-electron chi connectivity index (χ1n) is 7.98. The highest BCUT2D eigenvalue weighted by Crippen LogP contribution is 2.30. The zero-order chi connectivity index (χ0) is 17.0. The van der Waals surface area contributed by atoms with Crippen LogP contribution in [0.1, 0.15) is 37.9 Å². The fourth-order valence-corrected chi connectivity index (χ4v) is 3.00. The van der Waals surface area contributed by atoms with Gasteiger partial charge in [-0.15, -0.1) is 0 Å². The molecule has 1 aromatic heterocycles. The van der Waals surface area contributed by atoms with E-state index in [0.29, 0.717) is 18.3 Å². The van der Waals surface area contributed by atoms with Crippen molar-refractivity contribution in [1.82, 2.24) is 25.2 Å². The third-order valence-electron chi connectivity index (χ3n) is 4.19. The van der Waals surface area contributed by atoms with Gasteiger partial charge in [-0.3, -0.25) is 10.1 Å². The molecule has 0 spiro atoms. The van der Waals surface area contributed by atoms with E-state index in [-0.39, 0.29) is 11.9 Å². The Bertz CT molecular complexity index is 553. The summed E-state index contributed by atoms with van der Waals surface area (Å²) in [4.78, 5) is 28.8. The van der Waals surface area contributed by atoms with Crippen LogP contribution in [-0.4, -0.2) is 59.5 Å². The molecule has 8 heteroatoms. The Hall–Kier alpha value is -1.96. The van der Waals surface area contributed by atoms with Gasteiger partial charge < -0.3 is 15.5 Å². The first-order valence-corrected chi connectivity index (χ1v) is 7.98. The number of hydrogen-bond donors (Lipinski definition) is 2. The van der Waals surface area contributed by atoms with Crippen LogP contribution in [0.5, 0.6) is 0 Å². The Kier molecular flexibility index (Phi) is 5.35. The molecular weight excluding hydrogens is 294 g/mol. The average Bonchev–Trinajstić information content (AvgIpc) is 2.52. The van der Waals surface area contributed by atoms with Gasteiger partial charge in [-0.1, -0.05) is 19.3 Å². The molecule has 1 aliphatic carbocycles. The molecule has 0 saturated heterocycles. The van der Waals surface area contributed by atoms with E-state index in [1.54, 1.807) is 23.9 Å². The molecule has 23 heavy (non-hydrogen) atoms. The molecule has 0 atom stereocenters. The molecule has 0 aliphatic heterocycles. The maximum Gasteiger partial charge on any atom is 0.242 e. The molecule has 128 valence electrons. The smallest absolute Gasteiger partial charge is 0.242 e. The van der Waals surface area contributed by atoms with E-state index in [0.717, 1.165) is 25.7 Å². The predicted molar refractivity (Wildman–Crippen MR) is 89.9 cm³/mol. The Morgan fingerprint density at radius 3 is 2.35 bits per heavy atom. The molecule has 1 saturated carbocycles. The largest absolute Gasteiger partial charge is 0.368 e. The monoisotopic (exact) mass is 321 g/mol. The van der Waals surface area contributed by atoms with Crippen molar-refractivity contribution in [2.24, 2.45) is 0 Å². The number of aromatic nitrogens is 3. The highest BCUT2D eigenvalue weighted by atomic mass is 16.2. The van der Waals surface area contributed by atoms with Crippen LogP contribution in [0.4, 0.5) is 11.9 Å². The van der Waals surface area contributed by atoms with Crippen molar-refractivity contribution in [3.63, 3.8) is 0 Å². The molecule has 8 nitrogen and oxygen atoms in total. The number of carbonyl (C=O) groups excluding carboxylic acids is 1. The maximum absolute atomic E-state index is 12.7. The fourth-order valence-electron chi connectivity index (χ4n) is 3.00. The molecule has 1 aliphatic rings. The van der Waals surface area contributed by atoms with E-state index >= 15 is 0 Å². The standard InChI is InChI=1S/C15H27N7O/c1-21(2)12(23)15(8-6-5-7-9-15)17-10-11-18-13(16)20-14(19-11)22(3)4/h17H,5-10H2,1-4H3,(H2,16,18,19,20). The molecule has 2 rings (SSSR count). The molecule has 0 radical (unpaired) electrons. The van der Waals surface area contributed by atoms with Gasteiger partial charge in [0.05, 0.1) is 12.1 Å². The molecule has 0 aromatic carbocycles. The highest BCUT2D eigenvalue weighted by Gasteiger charge is 2.40. The summed E-state index contributed by atoms with van der Waals surface area (Å²) in [5.41, 5.74) is 5.23. The molecule has 0 unspecified atom stereocenters. The SMILES string of the molecule is CN(C)C(=O)C1(NCc2nc(N)nc(N(C)C)n2)CCCCC1. The van der Waals surface area contributed by atoms with Crippen LogP contribution in [-0.2, 0) is 11.3 Å². The lowest BCUT2D eigenvalue weighted by Crippen LogP contribution is -2.57. The number of amides is 1. The van der Waals surface area contributed by atoms with Crippen molar-refractivity contribution in [2.45, 2.75) is 44.2 Å². The van der Waals surface area contributed by atoms with Crippen LogP contribution >= 0.6 is 0 Å². The van der Waals surface area contributed by atoms with Gasteiger partial charge in [-0.2, -0.15) is 15.0 Å². The maximum atomic E-state index is 12.7. The molecule has 1 heterocycles. The van der Waals surface area contributed by atoms with Crippen molar-refractivity contribution in [2.75, 3.05) is 38.8 Å². The normalized spacial score (nSPS) is 16.9. The Morgan fingerprint density at radius 2 is 1.78 bits per heavy atom. The minimum atomic E-state index is -0.526. The van der Waals surface area contributed by atoms with Crippen molar-refractivity contribution >= 4 is 17.8 Å². The number of nitrogens with zero attached hydrogens (tertiary/aromatic N) is 5. The Morgan fingerprint density at radius 1 is 1.13 bits per heavy atom. The first kappa shape index (κ1) is 17.4. The van der Waals surface area contributed by atoms with Gasteiger partial charge >= 0.3 is 0 Å². The lowest BCUT2D eigenvalue weighted by atomic mass is 9.80. The number of anilines is 2. The van der Waals surface area contributed by atoms with Gasteiger partial charge in [-0.25, -0.2) is 0 Å². The summed E-state index contributed by atoms with van der Waals surface area (Å²) in [6, 6.07) is 0. The number of nitrogens with two attached hydrogens (primary N) is 1. The lowest BCUT2D eigenvalue weighted by Gasteiger charge is -2.38. The van der Waals surface area contributed by atoms with Gasteiger partial charge in [0, 0.05) is 28.2 Å². The van der Waals surface area contributed by atoms with Gasteiger partial charge in [0.2, 0.25) is 17.8 Å². The summed E-state index contributed by atoms with van der Waals surface area (Å²) in [6.07, 6.45) is 4.95. The number of carbonyl (C=O) groups is 1. The number of nitrogen functional groups attached to an aromatic ring is 1. The topological polar surface area (TPSA) is 100 Å². The average molecular weight is 321 g/mol. The minimum Gasteiger partial charge on any atom is -0.368 e. The second-order valence-electron chi connectivity index (χ2n) is 6.50. The van der Waals surface area contributed by atoms with E-state index in [1.807, 2.05) is 14.1 Å². The number of nitrogens with one attached hydrogen (secondary N) is 1.